The number of hydrogen-bond donors (Lipinski definition) is 2. The van der Waals surface area contributed by atoms with Crippen LogP contribution >= 0.6 is 11.3 Å². The fraction of sp³-hybridized carbons (Fsp3) is 0.286. The standard InChI is InChI=1S/C14H18N4O2S/c1-9-13(21-8-17-9)7-16-14(15)18-10-4-5-11(19-2)12(6-10)20-3/h4-6,8H,7H2,1-3H3,(H3,15,16,18). The molecule has 0 spiro atoms. The number of methoxy groups -OCH3 is 2. The number of ether oxygens (including phenoxy) is 2. The van der Waals surface area contributed by atoms with Gasteiger partial charge in [0.2, 0.25) is 0 Å². The van der Waals surface area contributed by atoms with E-state index in [4.69, 9.17) is 15.2 Å². The lowest BCUT2D eigenvalue weighted by Crippen LogP contribution is -2.22. The smallest absolute Gasteiger partial charge is 0.193 e. The molecule has 0 fully saturated rings. The molecule has 0 radical (unpaired) electrons. The van der Waals surface area contributed by atoms with Crippen LogP contribution in [0.1, 0.15) is 10.6 Å². The third-order valence-corrected chi connectivity index (χ3v) is 3.81. The van der Waals surface area contributed by atoms with Gasteiger partial charge in [-0.15, -0.1) is 11.3 Å². The van der Waals surface area contributed by atoms with Crippen molar-refractivity contribution in [3.05, 3.63) is 34.3 Å². The van der Waals surface area contributed by atoms with E-state index >= 15 is 0 Å². The summed E-state index contributed by atoms with van der Waals surface area (Å²) in [5, 5.41) is 3.03. The number of aliphatic imine (C=N–C) groups is 1. The number of aryl methyl sites for hydroxylation is 1. The number of benzene rings is 1. The van der Waals surface area contributed by atoms with E-state index in [1.165, 1.54) is 0 Å². The molecule has 0 saturated heterocycles. The zero-order valence-corrected chi connectivity index (χ0v) is 13.0. The van der Waals surface area contributed by atoms with Gasteiger partial charge in [-0.25, -0.2) is 9.98 Å². The first-order valence-electron chi connectivity index (χ1n) is 6.32. The first kappa shape index (κ1) is 15.1. The maximum Gasteiger partial charge on any atom is 0.193 e. The fourth-order valence-corrected chi connectivity index (χ4v) is 2.44. The van der Waals surface area contributed by atoms with Gasteiger partial charge in [-0.05, 0) is 19.1 Å². The minimum Gasteiger partial charge on any atom is -0.493 e. The van der Waals surface area contributed by atoms with Gasteiger partial charge in [-0.3, -0.25) is 0 Å². The highest BCUT2D eigenvalue weighted by atomic mass is 32.1. The van der Waals surface area contributed by atoms with E-state index in [0.717, 1.165) is 16.3 Å². The number of anilines is 1. The molecule has 0 unspecified atom stereocenters. The number of hydrogen-bond acceptors (Lipinski definition) is 5. The first-order valence-corrected chi connectivity index (χ1v) is 7.20. The molecule has 0 aliphatic heterocycles. The molecule has 0 bridgehead atoms. The number of nitrogens with two attached hydrogens (primary N) is 1. The second-order valence-corrected chi connectivity index (χ2v) is 5.20. The number of thiazole rings is 1. The van der Waals surface area contributed by atoms with Gasteiger partial charge in [-0.1, -0.05) is 0 Å². The van der Waals surface area contributed by atoms with Crippen LogP contribution in [0.4, 0.5) is 5.69 Å². The van der Waals surface area contributed by atoms with E-state index in [2.05, 4.69) is 15.3 Å². The molecule has 1 heterocycles. The Balaban J connectivity index is 2.05. The molecule has 0 atom stereocenters. The van der Waals surface area contributed by atoms with Crippen LogP contribution in [0.25, 0.3) is 0 Å². The Kier molecular flexibility index (Phi) is 4.99. The monoisotopic (exact) mass is 306 g/mol. The summed E-state index contributed by atoms with van der Waals surface area (Å²) in [5.74, 6) is 1.64. The third-order valence-electron chi connectivity index (χ3n) is 2.89. The Morgan fingerprint density at radius 1 is 1.33 bits per heavy atom. The Labute approximate surface area is 127 Å². The normalized spacial score (nSPS) is 11.3. The summed E-state index contributed by atoms with van der Waals surface area (Å²) >= 11 is 1.57. The Bertz CT molecular complexity index is 640. The van der Waals surface area contributed by atoms with Crippen molar-refractivity contribution in [1.82, 2.24) is 4.98 Å². The van der Waals surface area contributed by atoms with Gasteiger partial charge in [0, 0.05) is 16.6 Å². The minimum absolute atomic E-state index is 0.343. The molecule has 0 aliphatic carbocycles. The molecule has 3 N–H and O–H groups in total. The lowest BCUT2D eigenvalue weighted by Gasteiger charge is -2.10. The minimum atomic E-state index is 0.343. The van der Waals surface area contributed by atoms with Crippen molar-refractivity contribution in [2.24, 2.45) is 10.7 Å². The van der Waals surface area contributed by atoms with E-state index in [1.807, 2.05) is 19.1 Å². The van der Waals surface area contributed by atoms with Gasteiger partial charge in [0.1, 0.15) is 0 Å². The molecule has 7 heteroatoms. The zero-order chi connectivity index (χ0) is 15.2. The van der Waals surface area contributed by atoms with Crippen LogP contribution in [0.3, 0.4) is 0 Å². The fourth-order valence-electron chi connectivity index (χ4n) is 1.74. The molecule has 2 rings (SSSR count). The van der Waals surface area contributed by atoms with Gasteiger partial charge in [-0.2, -0.15) is 0 Å². The predicted octanol–water partition coefficient (Wildman–Crippen LogP) is 2.40. The summed E-state index contributed by atoms with van der Waals surface area (Å²) in [6, 6.07) is 5.46. The Morgan fingerprint density at radius 2 is 2.10 bits per heavy atom. The molecule has 21 heavy (non-hydrogen) atoms. The summed E-state index contributed by atoms with van der Waals surface area (Å²) in [6.07, 6.45) is 0. The van der Waals surface area contributed by atoms with Gasteiger partial charge < -0.3 is 20.5 Å². The van der Waals surface area contributed by atoms with E-state index in [0.29, 0.717) is 24.0 Å². The molecule has 0 amide bonds. The number of aromatic nitrogens is 1. The van der Waals surface area contributed by atoms with Gasteiger partial charge in [0.05, 0.1) is 32.0 Å². The highest BCUT2D eigenvalue weighted by Gasteiger charge is 2.05. The average molecular weight is 306 g/mol. The predicted molar refractivity (Wildman–Crippen MR) is 85.3 cm³/mol. The van der Waals surface area contributed by atoms with Gasteiger partial charge >= 0.3 is 0 Å². The molecule has 6 nitrogen and oxygen atoms in total. The maximum atomic E-state index is 5.89. The SMILES string of the molecule is COc1ccc(NC(N)=NCc2scnc2C)cc1OC. The number of nitrogens with zero attached hydrogens (tertiary/aromatic N) is 2. The lowest BCUT2D eigenvalue weighted by molar-refractivity contribution is 0.355. The second-order valence-electron chi connectivity index (χ2n) is 4.26. The highest BCUT2D eigenvalue weighted by molar-refractivity contribution is 7.09. The Hall–Kier alpha value is -2.28. The molecular weight excluding hydrogens is 288 g/mol. The van der Waals surface area contributed by atoms with Gasteiger partial charge in [0.25, 0.3) is 0 Å². The quantitative estimate of drug-likeness (QED) is 0.655. The summed E-state index contributed by atoms with van der Waals surface area (Å²) in [6.45, 7) is 2.47. The summed E-state index contributed by atoms with van der Waals surface area (Å²) < 4.78 is 10.4. The molecule has 0 aliphatic rings. The number of guanidine groups is 1. The van der Waals surface area contributed by atoms with Crippen molar-refractivity contribution in [3.8, 4) is 11.5 Å². The summed E-state index contributed by atoms with van der Waals surface area (Å²) in [4.78, 5) is 9.58. The summed E-state index contributed by atoms with van der Waals surface area (Å²) in [7, 11) is 3.18. The van der Waals surface area contributed by atoms with E-state index in [-0.39, 0.29) is 0 Å². The van der Waals surface area contributed by atoms with Crippen molar-refractivity contribution in [1.29, 1.82) is 0 Å². The van der Waals surface area contributed by atoms with Crippen molar-refractivity contribution in [2.75, 3.05) is 19.5 Å². The van der Waals surface area contributed by atoms with Crippen LogP contribution in [-0.4, -0.2) is 25.2 Å². The molecule has 0 saturated carbocycles. The van der Waals surface area contributed by atoms with Crippen molar-refractivity contribution in [2.45, 2.75) is 13.5 Å². The van der Waals surface area contributed by atoms with Crippen LogP contribution in [0.2, 0.25) is 0 Å². The first-order chi connectivity index (χ1) is 10.1. The van der Waals surface area contributed by atoms with Crippen LogP contribution in [0.15, 0.2) is 28.7 Å². The molecule has 1 aromatic carbocycles. The van der Waals surface area contributed by atoms with Crippen LogP contribution in [-0.2, 0) is 6.54 Å². The Morgan fingerprint density at radius 3 is 2.71 bits per heavy atom. The zero-order valence-electron chi connectivity index (χ0n) is 12.2. The maximum absolute atomic E-state index is 5.89. The topological polar surface area (TPSA) is 81.8 Å². The highest BCUT2D eigenvalue weighted by Crippen LogP contribution is 2.29. The van der Waals surface area contributed by atoms with E-state index in [9.17, 15) is 0 Å². The molecule has 2 aromatic rings. The van der Waals surface area contributed by atoms with Crippen molar-refractivity contribution in [3.63, 3.8) is 0 Å². The van der Waals surface area contributed by atoms with Gasteiger partial charge in [0.15, 0.2) is 17.5 Å². The van der Waals surface area contributed by atoms with Crippen molar-refractivity contribution < 1.29 is 9.47 Å². The van der Waals surface area contributed by atoms with Crippen molar-refractivity contribution >= 4 is 23.0 Å². The average Bonchev–Trinajstić information content (AvgIpc) is 2.90. The lowest BCUT2D eigenvalue weighted by atomic mass is 10.3. The van der Waals surface area contributed by atoms with E-state index < -0.39 is 0 Å². The van der Waals surface area contributed by atoms with Crippen LogP contribution in [0.5, 0.6) is 11.5 Å². The molecule has 1 aromatic heterocycles. The third kappa shape index (κ3) is 3.85. The largest absolute Gasteiger partial charge is 0.493 e. The summed E-state index contributed by atoms with van der Waals surface area (Å²) in [5.41, 5.74) is 9.46. The van der Waals surface area contributed by atoms with Crippen LogP contribution in [0, 0.1) is 6.92 Å². The number of nitrogens with one attached hydrogen (secondary N) is 1. The van der Waals surface area contributed by atoms with E-state index in [1.54, 1.807) is 37.1 Å². The molecule has 112 valence electrons. The molecular formula is C14H18N4O2S. The second kappa shape index (κ2) is 6.94. The number of rotatable bonds is 5. The van der Waals surface area contributed by atoms with Crippen LogP contribution < -0.4 is 20.5 Å².